The number of thiazole rings is 1. The summed E-state index contributed by atoms with van der Waals surface area (Å²) in [6.45, 7) is 13.9. The molecule has 5 nitrogen and oxygen atoms in total. The van der Waals surface area contributed by atoms with Gasteiger partial charge in [-0.15, -0.1) is 11.3 Å². The summed E-state index contributed by atoms with van der Waals surface area (Å²) < 4.78 is 0. The fraction of sp³-hybridized carbons (Fsp3) is 0.789. The molecule has 2 heterocycles. The highest BCUT2D eigenvalue weighted by molar-refractivity contribution is 7.11. The smallest absolute Gasteiger partial charge is 0.191 e. The molecule has 0 spiro atoms. The van der Waals surface area contributed by atoms with Gasteiger partial charge in [0.05, 0.1) is 11.6 Å². The van der Waals surface area contributed by atoms with Crippen LogP contribution >= 0.6 is 11.3 Å². The van der Waals surface area contributed by atoms with Crippen molar-refractivity contribution in [3.05, 3.63) is 16.1 Å². The van der Waals surface area contributed by atoms with Gasteiger partial charge in [-0.3, -0.25) is 9.89 Å². The van der Waals surface area contributed by atoms with Gasteiger partial charge in [0.2, 0.25) is 0 Å². The number of hydrogen-bond donors (Lipinski definition) is 2. The summed E-state index contributed by atoms with van der Waals surface area (Å²) in [5.74, 6) is 0.917. The number of likely N-dealkylation sites (tertiary alicyclic amines) is 1. The summed E-state index contributed by atoms with van der Waals surface area (Å²) in [7, 11) is 0. The summed E-state index contributed by atoms with van der Waals surface area (Å²) in [6, 6.07) is 0. The molecule has 0 aliphatic carbocycles. The van der Waals surface area contributed by atoms with E-state index in [0.717, 1.165) is 38.4 Å². The van der Waals surface area contributed by atoms with Crippen LogP contribution in [0.15, 0.2) is 11.2 Å². The van der Waals surface area contributed by atoms with Crippen molar-refractivity contribution in [1.29, 1.82) is 0 Å². The summed E-state index contributed by atoms with van der Waals surface area (Å²) in [5.41, 5.74) is 0.119. The van der Waals surface area contributed by atoms with Crippen molar-refractivity contribution in [2.75, 3.05) is 32.7 Å². The average Bonchev–Trinajstić information content (AvgIpc) is 3.08. The minimum Gasteiger partial charge on any atom is -0.357 e. The molecule has 0 bridgehead atoms. The monoisotopic (exact) mass is 365 g/mol. The van der Waals surface area contributed by atoms with Crippen LogP contribution in [0.1, 0.15) is 56.8 Å². The molecular formula is C19H35N5S. The fourth-order valence-corrected chi connectivity index (χ4v) is 3.99. The third-order valence-corrected chi connectivity index (χ3v) is 5.96. The van der Waals surface area contributed by atoms with E-state index >= 15 is 0 Å². The van der Waals surface area contributed by atoms with E-state index in [2.05, 4.69) is 48.2 Å². The van der Waals surface area contributed by atoms with Gasteiger partial charge in [0, 0.05) is 36.1 Å². The fourth-order valence-electron chi connectivity index (χ4n) is 3.13. The molecule has 6 heteroatoms. The van der Waals surface area contributed by atoms with E-state index in [-0.39, 0.29) is 5.54 Å². The summed E-state index contributed by atoms with van der Waals surface area (Å²) in [6.07, 6.45) is 8.03. The first-order valence-electron chi connectivity index (χ1n) is 9.76. The lowest BCUT2D eigenvalue weighted by Gasteiger charge is -2.40. The second-order valence-corrected chi connectivity index (χ2v) is 8.51. The number of hydrogen-bond acceptors (Lipinski definition) is 4. The normalized spacial score (nSPS) is 16.9. The number of rotatable bonds is 8. The number of nitrogens with zero attached hydrogens (tertiary/aromatic N) is 3. The van der Waals surface area contributed by atoms with E-state index in [9.17, 15) is 0 Å². The average molecular weight is 366 g/mol. The van der Waals surface area contributed by atoms with Gasteiger partial charge in [0.1, 0.15) is 0 Å². The third kappa shape index (κ3) is 6.59. The van der Waals surface area contributed by atoms with Crippen molar-refractivity contribution in [2.24, 2.45) is 4.99 Å². The zero-order valence-electron chi connectivity index (χ0n) is 16.4. The molecule has 0 radical (unpaired) electrons. The van der Waals surface area contributed by atoms with Crippen LogP contribution in [0.5, 0.6) is 0 Å². The predicted molar refractivity (Wildman–Crippen MR) is 109 cm³/mol. The number of guanidine groups is 1. The Morgan fingerprint density at radius 2 is 2.00 bits per heavy atom. The lowest BCUT2D eigenvalue weighted by molar-refractivity contribution is 0.102. The van der Waals surface area contributed by atoms with Gasteiger partial charge in [0.15, 0.2) is 5.96 Å². The maximum absolute atomic E-state index is 4.85. The lowest BCUT2D eigenvalue weighted by Crippen LogP contribution is -2.49. The molecule has 1 fully saturated rings. The molecular weight excluding hydrogens is 330 g/mol. The van der Waals surface area contributed by atoms with Gasteiger partial charge in [-0.05, 0) is 53.1 Å². The van der Waals surface area contributed by atoms with E-state index < -0.39 is 0 Å². The molecule has 142 valence electrons. The van der Waals surface area contributed by atoms with Crippen molar-refractivity contribution in [3.8, 4) is 0 Å². The molecule has 2 rings (SSSR count). The summed E-state index contributed by atoms with van der Waals surface area (Å²) in [4.78, 5) is 13.3. The number of nitrogens with one attached hydrogen (secondary N) is 2. The van der Waals surface area contributed by atoms with Crippen LogP contribution < -0.4 is 10.6 Å². The van der Waals surface area contributed by atoms with Crippen LogP contribution in [0, 0.1) is 0 Å². The second-order valence-electron chi connectivity index (χ2n) is 7.31. The molecule has 2 N–H and O–H groups in total. The highest BCUT2D eigenvalue weighted by Gasteiger charge is 2.27. The van der Waals surface area contributed by atoms with Gasteiger partial charge < -0.3 is 10.6 Å². The number of aromatic nitrogens is 1. The van der Waals surface area contributed by atoms with E-state index in [1.54, 1.807) is 0 Å². The first-order valence-corrected chi connectivity index (χ1v) is 10.6. The van der Waals surface area contributed by atoms with Crippen LogP contribution in [0.3, 0.4) is 0 Å². The Bertz CT molecular complexity index is 532. The Hall–Kier alpha value is -1.14. The van der Waals surface area contributed by atoms with Crippen LogP contribution in [0.4, 0.5) is 0 Å². The Morgan fingerprint density at radius 1 is 1.24 bits per heavy atom. The molecule has 1 aliphatic heterocycles. The second kappa shape index (κ2) is 10.1. The predicted octanol–water partition coefficient (Wildman–Crippen LogP) is 3.07. The molecule has 0 saturated carbocycles. The summed E-state index contributed by atoms with van der Waals surface area (Å²) >= 11 is 1.82. The Balaban J connectivity index is 1.84. The maximum Gasteiger partial charge on any atom is 0.191 e. The maximum atomic E-state index is 4.85. The van der Waals surface area contributed by atoms with Crippen molar-refractivity contribution in [1.82, 2.24) is 20.5 Å². The van der Waals surface area contributed by atoms with Crippen LogP contribution in [0.25, 0.3) is 0 Å². The van der Waals surface area contributed by atoms with Crippen molar-refractivity contribution < 1.29 is 0 Å². The minimum absolute atomic E-state index is 0.119. The molecule has 0 aromatic carbocycles. The lowest BCUT2D eigenvalue weighted by atomic mass is 9.99. The van der Waals surface area contributed by atoms with E-state index in [4.69, 9.17) is 4.99 Å². The third-order valence-electron chi connectivity index (χ3n) is 4.76. The minimum atomic E-state index is 0.119. The van der Waals surface area contributed by atoms with Gasteiger partial charge in [0.25, 0.3) is 0 Å². The molecule has 1 saturated heterocycles. The Morgan fingerprint density at radius 3 is 2.64 bits per heavy atom. The molecule has 0 unspecified atom stereocenters. The zero-order valence-corrected chi connectivity index (χ0v) is 17.2. The quantitative estimate of drug-likeness (QED) is 0.549. The largest absolute Gasteiger partial charge is 0.357 e. The zero-order chi connectivity index (χ0) is 18.1. The van der Waals surface area contributed by atoms with Gasteiger partial charge in [-0.1, -0.05) is 13.3 Å². The first kappa shape index (κ1) is 20.2. The standard InChI is InChI=1S/C19H35N5S/c1-5-16-14-22-17(25-16)10-11-21-18(20-6-2)23-15-19(3,4)24-12-8-7-9-13-24/h14H,5-13,15H2,1-4H3,(H2,20,21,23). The number of aliphatic imine (C=N–C) groups is 1. The van der Waals surface area contributed by atoms with Crippen LogP contribution in [-0.2, 0) is 12.8 Å². The highest BCUT2D eigenvalue weighted by atomic mass is 32.1. The summed E-state index contributed by atoms with van der Waals surface area (Å²) in [5, 5.41) is 8.03. The number of piperidine rings is 1. The Labute approximate surface area is 157 Å². The van der Waals surface area contributed by atoms with Crippen LogP contribution in [0.2, 0.25) is 0 Å². The molecule has 1 aromatic rings. The van der Waals surface area contributed by atoms with E-state index in [1.165, 1.54) is 42.2 Å². The van der Waals surface area contributed by atoms with Crippen molar-refractivity contribution >= 4 is 17.3 Å². The van der Waals surface area contributed by atoms with Crippen molar-refractivity contribution in [2.45, 2.75) is 65.3 Å². The van der Waals surface area contributed by atoms with E-state index in [0.29, 0.717) is 0 Å². The van der Waals surface area contributed by atoms with Crippen LogP contribution in [-0.4, -0.2) is 54.1 Å². The SMILES string of the molecule is CCNC(=NCC(C)(C)N1CCCCC1)NCCc1ncc(CC)s1. The number of aryl methyl sites for hydroxylation is 1. The van der Waals surface area contributed by atoms with Crippen molar-refractivity contribution in [3.63, 3.8) is 0 Å². The molecule has 0 atom stereocenters. The Kier molecular flexibility index (Phi) is 8.16. The molecule has 1 aliphatic rings. The van der Waals surface area contributed by atoms with Gasteiger partial charge in [-0.25, -0.2) is 4.98 Å². The van der Waals surface area contributed by atoms with E-state index in [1.807, 2.05) is 17.5 Å². The van der Waals surface area contributed by atoms with Gasteiger partial charge >= 0.3 is 0 Å². The molecule has 0 amide bonds. The molecule has 25 heavy (non-hydrogen) atoms. The van der Waals surface area contributed by atoms with Gasteiger partial charge in [-0.2, -0.15) is 0 Å². The topological polar surface area (TPSA) is 52.6 Å². The highest BCUT2D eigenvalue weighted by Crippen LogP contribution is 2.20. The molecule has 1 aromatic heterocycles. The first-order chi connectivity index (χ1) is 12.0.